The third-order valence-corrected chi connectivity index (χ3v) is 5.27. The second-order valence-electron chi connectivity index (χ2n) is 9.71. The first-order chi connectivity index (χ1) is 16.0. The predicted octanol–water partition coefficient (Wildman–Crippen LogP) is 6.46. The van der Waals surface area contributed by atoms with E-state index in [4.69, 9.17) is 14.2 Å². The van der Waals surface area contributed by atoms with Gasteiger partial charge in [0.05, 0.1) is 12.3 Å². The number of aryl methyl sites for hydroxylation is 2. The van der Waals surface area contributed by atoms with E-state index in [9.17, 15) is 10.1 Å². The van der Waals surface area contributed by atoms with Crippen LogP contribution in [0.2, 0.25) is 0 Å². The average molecular weight is 468 g/mol. The smallest absolute Gasteiger partial charge is 0.451 e. The van der Waals surface area contributed by atoms with Crippen molar-refractivity contribution in [2.75, 3.05) is 6.61 Å². The number of benzene rings is 1. The predicted molar refractivity (Wildman–Crippen MR) is 133 cm³/mol. The van der Waals surface area contributed by atoms with E-state index in [1.165, 1.54) is 0 Å². The van der Waals surface area contributed by atoms with E-state index in [0.29, 0.717) is 35.1 Å². The molecule has 1 aromatic carbocycles. The van der Waals surface area contributed by atoms with Gasteiger partial charge in [0.1, 0.15) is 17.3 Å². The van der Waals surface area contributed by atoms with Gasteiger partial charge in [0, 0.05) is 13.5 Å². The van der Waals surface area contributed by atoms with Crippen LogP contribution in [0.3, 0.4) is 0 Å². The highest BCUT2D eigenvalue weighted by atomic mass is 16.8. The molecule has 2 aromatic rings. The molecule has 0 fully saturated rings. The number of nitriles is 1. The van der Waals surface area contributed by atoms with Gasteiger partial charge in [-0.25, -0.2) is 4.79 Å². The number of rotatable bonds is 9. The molecule has 1 atom stereocenters. The Bertz CT molecular complexity index is 1040. The maximum Gasteiger partial charge on any atom is 0.511 e. The Morgan fingerprint density at radius 1 is 1.15 bits per heavy atom. The lowest BCUT2D eigenvalue weighted by atomic mass is 9.86. The highest BCUT2D eigenvalue weighted by Crippen LogP contribution is 2.31. The van der Waals surface area contributed by atoms with Crippen molar-refractivity contribution >= 4 is 17.5 Å². The number of aromatic nitrogens is 2. The van der Waals surface area contributed by atoms with Crippen LogP contribution in [0.25, 0.3) is 11.3 Å². The number of ether oxygens (including phenoxy) is 3. The lowest BCUT2D eigenvalue weighted by Gasteiger charge is -2.21. The van der Waals surface area contributed by atoms with Crippen LogP contribution in [0, 0.1) is 24.2 Å². The van der Waals surface area contributed by atoms with Gasteiger partial charge in [-0.15, -0.1) is 0 Å². The first kappa shape index (κ1) is 27.0. The summed E-state index contributed by atoms with van der Waals surface area (Å²) in [4.78, 5) is 12.1. The summed E-state index contributed by atoms with van der Waals surface area (Å²) >= 11 is 0. The molecule has 2 rings (SSSR count). The molecule has 0 N–H and O–H groups in total. The average Bonchev–Trinajstić information content (AvgIpc) is 3.13. The Labute approximate surface area is 203 Å². The lowest BCUT2D eigenvalue weighted by molar-refractivity contribution is -0.0677. The van der Waals surface area contributed by atoms with Gasteiger partial charge in [-0.3, -0.25) is 4.68 Å². The number of nitrogens with zero attached hydrogens (tertiary/aromatic N) is 3. The summed E-state index contributed by atoms with van der Waals surface area (Å²) in [7, 11) is 0. The van der Waals surface area contributed by atoms with Crippen LogP contribution in [0.1, 0.15) is 77.4 Å². The maximum absolute atomic E-state index is 12.1. The van der Waals surface area contributed by atoms with Crippen LogP contribution in [0.15, 0.2) is 30.3 Å². The standard InChI is InChI=1S/C27H37N3O4/c1-9-30-24(16-19(4)29-30)25(33-20(5)34-26(31)32-15-14-18(2)3)23(17-28)21-10-12-22(13-11-21)27(6,7)8/h10-13,16,18,20H,9,14-15H2,1-8H3/b25-23-. The molecule has 184 valence electrons. The minimum atomic E-state index is -0.973. The van der Waals surface area contributed by atoms with Crippen molar-refractivity contribution in [2.24, 2.45) is 5.92 Å². The fourth-order valence-corrected chi connectivity index (χ4v) is 3.34. The van der Waals surface area contributed by atoms with Gasteiger partial charge in [-0.2, -0.15) is 10.4 Å². The summed E-state index contributed by atoms with van der Waals surface area (Å²) in [6.07, 6.45) is -1.03. The molecule has 1 unspecified atom stereocenters. The summed E-state index contributed by atoms with van der Waals surface area (Å²) < 4.78 is 18.3. The van der Waals surface area contributed by atoms with Crippen LogP contribution in [0.4, 0.5) is 4.79 Å². The zero-order valence-corrected chi connectivity index (χ0v) is 21.6. The maximum atomic E-state index is 12.1. The van der Waals surface area contributed by atoms with E-state index in [2.05, 4.69) is 31.9 Å². The molecule has 0 amide bonds. The summed E-state index contributed by atoms with van der Waals surface area (Å²) in [6.45, 7) is 16.8. The number of hydrogen-bond donors (Lipinski definition) is 0. The van der Waals surface area contributed by atoms with Crippen molar-refractivity contribution in [2.45, 2.75) is 80.1 Å². The van der Waals surface area contributed by atoms with Gasteiger partial charge in [0.15, 0.2) is 5.76 Å². The molecule has 1 heterocycles. The minimum absolute atomic E-state index is 0.00932. The van der Waals surface area contributed by atoms with E-state index in [-0.39, 0.29) is 12.0 Å². The largest absolute Gasteiger partial charge is 0.511 e. The summed E-state index contributed by atoms with van der Waals surface area (Å²) in [6, 6.07) is 12.0. The van der Waals surface area contributed by atoms with Crippen LogP contribution >= 0.6 is 0 Å². The van der Waals surface area contributed by atoms with Crippen molar-refractivity contribution in [3.8, 4) is 6.07 Å². The van der Waals surface area contributed by atoms with Gasteiger partial charge in [0.25, 0.3) is 0 Å². The highest BCUT2D eigenvalue weighted by Gasteiger charge is 2.23. The van der Waals surface area contributed by atoms with E-state index in [1.54, 1.807) is 11.6 Å². The lowest BCUT2D eigenvalue weighted by Crippen LogP contribution is -2.20. The quantitative estimate of drug-likeness (QED) is 0.182. The van der Waals surface area contributed by atoms with Crippen molar-refractivity contribution in [1.82, 2.24) is 9.78 Å². The fraction of sp³-hybridized carbons (Fsp3) is 0.519. The number of allylic oxidation sites excluding steroid dienone is 1. The highest BCUT2D eigenvalue weighted by molar-refractivity contribution is 5.94. The third-order valence-electron chi connectivity index (χ3n) is 5.27. The Kier molecular flexibility index (Phi) is 9.31. The first-order valence-electron chi connectivity index (χ1n) is 11.8. The van der Waals surface area contributed by atoms with Crippen LogP contribution in [-0.4, -0.2) is 28.8 Å². The molecular formula is C27H37N3O4. The molecular weight excluding hydrogens is 430 g/mol. The second-order valence-corrected chi connectivity index (χ2v) is 9.71. The Balaban J connectivity index is 2.42. The zero-order chi connectivity index (χ0) is 25.5. The molecule has 0 saturated heterocycles. The Hall–Kier alpha value is -3.27. The van der Waals surface area contributed by atoms with E-state index in [0.717, 1.165) is 17.7 Å². The van der Waals surface area contributed by atoms with Gasteiger partial charge in [-0.05, 0) is 48.8 Å². The Morgan fingerprint density at radius 3 is 2.32 bits per heavy atom. The second kappa shape index (κ2) is 11.7. The van der Waals surface area contributed by atoms with Gasteiger partial charge in [0.2, 0.25) is 6.29 Å². The monoisotopic (exact) mass is 467 g/mol. The minimum Gasteiger partial charge on any atom is -0.451 e. The first-order valence-corrected chi connectivity index (χ1v) is 11.8. The molecule has 7 nitrogen and oxygen atoms in total. The van der Waals surface area contributed by atoms with Gasteiger partial charge in [-0.1, -0.05) is 58.9 Å². The fourth-order valence-electron chi connectivity index (χ4n) is 3.34. The molecule has 0 saturated carbocycles. The van der Waals surface area contributed by atoms with Gasteiger partial charge >= 0.3 is 6.16 Å². The SMILES string of the molecule is CCn1nc(C)cc1/C(OC(C)OC(=O)OCCC(C)C)=C(\C#N)c1ccc(C(C)(C)C)cc1. The summed E-state index contributed by atoms with van der Waals surface area (Å²) in [5, 5.41) is 14.6. The molecule has 34 heavy (non-hydrogen) atoms. The van der Waals surface area contributed by atoms with Crippen LogP contribution in [-0.2, 0) is 26.2 Å². The van der Waals surface area contributed by atoms with Crippen molar-refractivity contribution < 1.29 is 19.0 Å². The molecule has 0 aliphatic rings. The topological polar surface area (TPSA) is 86.4 Å². The third kappa shape index (κ3) is 7.38. The van der Waals surface area contributed by atoms with E-state index >= 15 is 0 Å². The molecule has 0 aliphatic carbocycles. The molecule has 0 aliphatic heterocycles. The van der Waals surface area contributed by atoms with Crippen molar-refractivity contribution in [3.63, 3.8) is 0 Å². The van der Waals surface area contributed by atoms with Crippen LogP contribution < -0.4 is 0 Å². The number of carbonyl (C=O) groups is 1. The summed E-state index contributed by atoms with van der Waals surface area (Å²) in [5.74, 6) is 0.715. The number of hydrogen-bond acceptors (Lipinski definition) is 6. The van der Waals surface area contributed by atoms with Crippen LogP contribution in [0.5, 0.6) is 0 Å². The molecule has 0 spiro atoms. The zero-order valence-electron chi connectivity index (χ0n) is 21.6. The van der Waals surface area contributed by atoms with Gasteiger partial charge < -0.3 is 14.2 Å². The van der Waals surface area contributed by atoms with Crippen molar-refractivity contribution in [3.05, 3.63) is 52.8 Å². The van der Waals surface area contributed by atoms with E-state index in [1.807, 2.05) is 58.0 Å². The molecule has 7 heteroatoms. The normalized spacial score (nSPS) is 13.2. The summed E-state index contributed by atoms with van der Waals surface area (Å²) in [5.41, 5.74) is 3.62. The molecule has 0 radical (unpaired) electrons. The molecule has 1 aromatic heterocycles. The molecule has 0 bridgehead atoms. The Morgan fingerprint density at radius 2 is 1.79 bits per heavy atom. The van der Waals surface area contributed by atoms with E-state index < -0.39 is 12.4 Å². The number of carbonyl (C=O) groups excluding carboxylic acids is 1. The van der Waals surface area contributed by atoms with Crippen molar-refractivity contribution in [1.29, 1.82) is 5.26 Å².